The smallest absolute Gasteiger partial charge is 0.211 e. The largest absolute Gasteiger partial charge is 0.394 e. The average molecular weight is 386 g/mol. The average Bonchev–Trinajstić information content (AvgIpc) is 2.75. The Balaban J connectivity index is 1.42. The van der Waals surface area contributed by atoms with Crippen LogP contribution < -0.4 is 11.1 Å². The monoisotopic (exact) mass is 386 g/mol. The number of halogens is 1. The van der Waals surface area contributed by atoms with Crippen LogP contribution in [0.4, 0.5) is 4.39 Å². The summed E-state index contributed by atoms with van der Waals surface area (Å²) < 4.78 is 13.1. The van der Waals surface area contributed by atoms with Crippen LogP contribution in [0.2, 0.25) is 0 Å². The van der Waals surface area contributed by atoms with Crippen molar-refractivity contribution in [2.45, 2.75) is 6.42 Å². The molecule has 29 heavy (non-hydrogen) atoms. The molecule has 1 aliphatic rings. The predicted octanol–water partition coefficient (Wildman–Crippen LogP) is 3.87. The molecule has 0 saturated heterocycles. The van der Waals surface area contributed by atoms with Crippen LogP contribution in [0.25, 0.3) is 11.1 Å². The minimum atomic E-state index is -0.327. The van der Waals surface area contributed by atoms with E-state index in [1.165, 1.54) is 12.1 Å². The fourth-order valence-corrected chi connectivity index (χ4v) is 3.41. The Bertz CT molecular complexity index is 1120. The van der Waals surface area contributed by atoms with Crippen molar-refractivity contribution < 1.29 is 14.0 Å². The first-order valence-corrected chi connectivity index (χ1v) is 9.31. The number of rotatable bonds is 5. The van der Waals surface area contributed by atoms with E-state index >= 15 is 0 Å². The number of hydrogen-bond acceptors (Lipinski definition) is 4. The van der Waals surface area contributed by atoms with Crippen molar-refractivity contribution in [1.29, 1.82) is 0 Å². The molecule has 0 atom stereocenters. The fraction of sp³-hybridized carbons (Fsp3) is 0.0833. The van der Waals surface area contributed by atoms with Crippen LogP contribution in [0.1, 0.15) is 26.3 Å². The lowest BCUT2D eigenvalue weighted by Crippen LogP contribution is -2.34. The van der Waals surface area contributed by atoms with E-state index in [-0.39, 0.29) is 28.8 Å². The molecule has 0 heterocycles. The summed E-state index contributed by atoms with van der Waals surface area (Å²) in [7, 11) is 0. The number of carbonyl (C=O) groups is 2. The van der Waals surface area contributed by atoms with Gasteiger partial charge >= 0.3 is 0 Å². The Morgan fingerprint density at radius 3 is 1.93 bits per heavy atom. The maximum atomic E-state index is 13.1. The first kappa shape index (κ1) is 18.6. The standard InChI is InChI=1S/C24H19FN2O2/c25-18-11-9-17(10-12-18)16-7-5-15(6-8-16)13-14-27-22-21(26)23(28)19-3-1-2-4-20(19)24(22)29/h1-12,27H,13-14,26H2. The van der Waals surface area contributed by atoms with E-state index in [1.54, 1.807) is 36.4 Å². The van der Waals surface area contributed by atoms with Gasteiger partial charge in [0.15, 0.2) is 0 Å². The van der Waals surface area contributed by atoms with Gasteiger partial charge in [0.2, 0.25) is 11.6 Å². The molecule has 3 aromatic rings. The third-order valence-corrected chi connectivity index (χ3v) is 5.00. The number of fused-ring (bicyclic) bond motifs is 1. The quantitative estimate of drug-likeness (QED) is 0.698. The Kier molecular flexibility index (Phi) is 4.96. The molecule has 0 saturated carbocycles. The second-order valence-corrected chi connectivity index (χ2v) is 6.87. The van der Waals surface area contributed by atoms with E-state index in [9.17, 15) is 14.0 Å². The zero-order chi connectivity index (χ0) is 20.4. The van der Waals surface area contributed by atoms with Crippen LogP contribution in [0.3, 0.4) is 0 Å². The molecule has 0 aromatic heterocycles. The highest BCUT2D eigenvalue weighted by Gasteiger charge is 2.30. The summed E-state index contributed by atoms with van der Waals surface area (Å²) in [5.41, 5.74) is 9.77. The lowest BCUT2D eigenvalue weighted by Gasteiger charge is -2.19. The molecule has 0 radical (unpaired) electrons. The zero-order valence-electron chi connectivity index (χ0n) is 15.6. The van der Waals surface area contributed by atoms with Gasteiger partial charge in [0.1, 0.15) is 17.2 Å². The molecular formula is C24H19FN2O2. The number of nitrogens with one attached hydrogen (secondary N) is 1. The van der Waals surface area contributed by atoms with Crippen LogP contribution in [-0.4, -0.2) is 18.1 Å². The van der Waals surface area contributed by atoms with E-state index in [0.717, 1.165) is 16.7 Å². The van der Waals surface area contributed by atoms with Crippen LogP contribution in [0.5, 0.6) is 0 Å². The third-order valence-electron chi connectivity index (χ3n) is 5.00. The molecule has 4 rings (SSSR count). The van der Waals surface area contributed by atoms with Crippen LogP contribution in [-0.2, 0) is 6.42 Å². The number of benzene rings is 3. The highest BCUT2D eigenvalue weighted by molar-refractivity contribution is 6.26. The zero-order valence-corrected chi connectivity index (χ0v) is 15.6. The highest BCUT2D eigenvalue weighted by atomic mass is 19.1. The summed E-state index contributed by atoms with van der Waals surface area (Å²) in [6, 6.07) is 21.0. The van der Waals surface area contributed by atoms with Gasteiger partial charge in [0, 0.05) is 17.7 Å². The van der Waals surface area contributed by atoms with E-state index < -0.39 is 0 Å². The molecule has 0 fully saturated rings. The Hall–Kier alpha value is -3.73. The number of Topliss-reactive ketones (excluding diaryl/α,β-unsaturated/α-hetero) is 2. The Labute approximate surface area is 167 Å². The van der Waals surface area contributed by atoms with Crippen LogP contribution in [0, 0.1) is 5.82 Å². The molecule has 5 heteroatoms. The number of hydrogen-bond donors (Lipinski definition) is 2. The van der Waals surface area contributed by atoms with Crippen molar-refractivity contribution in [3.8, 4) is 11.1 Å². The second kappa shape index (κ2) is 7.72. The number of allylic oxidation sites excluding steroid dienone is 2. The molecule has 1 aliphatic carbocycles. The number of nitrogens with two attached hydrogens (primary N) is 1. The topological polar surface area (TPSA) is 72.2 Å². The van der Waals surface area contributed by atoms with Crippen molar-refractivity contribution in [3.63, 3.8) is 0 Å². The summed E-state index contributed by atoms with van der Waals surface area (Å²) in [6.45, 7) is 0.465. The summed E-state index contributed by atoms with van der Waals surface area (Å²) in [6.07, 6.45) is 0.656. The van der Waals surface area contributed by atoms with Crippen LogP contribution >= 0.6 is 0 Å². The SMILES string of the molecule is NC1=C(NCCc2ccc(-c3ccc(F)cc3)cc2)C(=O)c2ccccc2C1=O. The van der Waals surface area contributed by atoms with E-state index in [2.05, 4.69) is 5.32 Å². The van der Waals surface area contributed by atoms with Crippen molar-refractivity contribution in [2.24, 2.45) is 5.73 Å². The van der Waals surface area contributed by atoms with Gasteiger partial charge in [-0.2, -0.15) is 0 Å². The molecule has 0 spiro atoms. The lowest BCUT2D eigenvalue weighted by atomic mass is 9.90. The summed E-state index contributed by atoms with van der Waals surface area (Å²) in [5, 5.41) is 3.04. The molecule has 0 unspecified atom stereocenters. The molecular weight excluding hydrogens is 367 g/mol. The maximum absolute atomic E-state index is 13.1. The second-order valence-electron chi connectivity index (χ2n) is 6.87. The van der Waals surface area contributed by atoms with E-state index in [4.69, 9.17) is 5.73 Å². The maximum Gasteiger partial charge on any atom is 0.211 e. The molecule has 3 aromatic carbocycles. The van der Waals surface area contributed by atoms with Gasteiger partial charge < -0.3 is 11.1 Å². The van der Waals surface area contributed by atoms with Crippen molar-refractivity contribution in [2.75, 3.05) is 6.54 Å². The molecule has 4 nitrogen and oxygen atoms in total. The molecule has 0 aliphatic heterocycles. The highest BCUT2D eigenvalue weighted by Crippen LogP contribution is 2.23. The molecule has 0 bridgehead atoms. The Morgan fingerprint density at radius 2 is 1.31 bits per heavy atom. The third kappa shape index (κ3) is 3.67. The fourth-order valence-electron chi connectivity index (χ4n) is 3.41. The van der Waals surface area contributed by atoms with Crippen molar-refractivity contribution >= 4 is 11.6 Å². The Morgan fingerprint density at radius 1 is 0.759 bits per heavy atom. The van der Waals surface area contributed by atoms with Crippen molar-refractivity contribution in [1.82, 2.24) is 5.32 Å². The van der Waals surface area contributed by atoms with Gasteiger partial charge in [-0.05, 0) is 35.2 Å². The number of ketones is 2. The molecule has 144 valence electrons. The molecule has 3 N–H and O–H groups in total. The van der Waals surface area contributed by atoms with E-state index in [0.29, 0.717) is 24.1 Å². The summed E-state index contributed by atoms with van der Waals surface area (Å²) in [4.78, 5) is 25.1. The summed E-state index contributed by atoms with van der Waals surface area (Å²) >= 11 is 0. The van der Waals surface area contributed by atoms with Gasteiger partial charge in [-0.3, -0.25) is 9.59 Å². The number of carbonyl (C=O) groups excluding carboxylic acids is 2. The predicted molar refractivity (Wildman–Crippen MR) is 110 cm³/mol. The van der Waals surface area contributed by atoms with Crippen LogP contribution in [0.15, 0.2) is 84.2 Å². The van der Waals surface area contributed by atoms with Crippen molar-refractivity contribution in [3.05, 3.63) is 107 Å². The normalized spacial score (nSPS) is 13.4. The first-order chi connectivity index (χ1) is 14.0. The van der Waals surface area contributed by atoms with Gasteiger partial charge in [-0.25, -0.2) is 4.39 Å². The van der Waals surface area contributed by atoms with Gasteiger partial charge in [0.25, 0.3) is 0 Å². The van der Waals surface area contributed by atoms with Gasteiger partial charge in [0.05, 0.1) is 0 Å². The van der Waals surface area contributed by atoms with Gasteiger partial charge in [-0.15, -0.1) is 0 Å². The van der Waals surface area contributed by atoms with E-state index in [1.807, 2.05) is 24.3 Å². The lowest BCUT2D eigenvalue weighted by molar-refractivity contribution is 0.0967. The minimum Gasteiger partial charge on any atom is -0.394 e. The van der Waals surface area contributed by atoms with Gasteiger partial charge in [-0.1, -0.05) is 60.7 Å². The molecule has 0 amide bonds. The first-order valence-electron chi connectivity index (χ1n) is 9.31. The minimum absolute atomic E-state index is 0.0413. The summed E-state index contributed by atoms with van der Waals surface area (Å²) in [5.74, 6) is -0.848.